The SMILES string of the molecule is Brc1ccc(CCCn2cnc(CCCOCCCc3cn(CCCc4ccc(Br)cc4)cn3)c2)cc1. The van der Waals surface area contributed by atoms with Crippen molar-refractivity contribution >= 4 is 31.9 Å². The van der Waals surface area contributed by atoms with Crippen LogP contribution in [-0.4, -0.2) is 32.3 Å². The van der Waals surface area contributed by atoms with E-state index in [0.29, 0.717) is 0 Å². The molecule has 0 amide bonds. The zero-order valence-electron chi connectivity index (χ0n) is 21.4. The Hall–Kier alpha value is -2.22. The molecule has 7 heteroatoms. The highest BCUT2D eigenvalue weighted by atomic mass is 79.9. The first kappa shape index (κ1) is 27.8. The van der Waals surface area contributed by atoms with Gasteiger partial charge in [0.2, 0.25) is 0 Å². The van der Waals surface area contributed by atoms with E-state index in [-0.39, 0.29) is 0 Å². The van der Waals surface area contributed by atoms with E-state index < -0.39 is 0 Å². The fraction of sp³-hybridized carbons (Fsp3) is 0.400. The zero-order valence-corrected chi connectivity index (χ0v) is 24.5. The maximum atomic E-state index is 5.86. The molecule has 2 heterocycles. The summed E-state index contributed by atoms with van der Waals surface area (Å²) in [5.41, 5.74) is 5.05. The van der Waals surface area contributed by atoms with Gasteiger partial charge >= 0.3 is 0 Å². The molecule has 0 aliphatic carbocycles. The van der Waals surface area contributed by atoms with Gasteiger partial charge in [-0.25, -0.2) is 9.97 Å². The van der Waals surface area contributed by atoms with E-state index in [9.17, 15) is 0 Å². The van der Waals surface area contributed by atoms with Gasteiger partial charge in [0.05, 0.1) is 24.0 Å². The lowest BCUT2D eigenvalue weighted by molar-refractivity contribution is 0.129. The average Bonchev–Trinajstić information content (AvgIpc) is 3.55. The van der Waals surface area contributed by atoms with Crippen LogP contribution >= 0.6 is 31.9 Å². The van der Waals surface area contributed by atoms with Crippen LogP contribution in [0.5, 0.6) is 0 Å². The number of benzene rings is 2. The summed E-state index contributed by atoms with van der Waals surface area (Å²) in [7, 11) is 0. The van der Waals surface area contributed by atoms with Crippen molar-refractivity contribution in [2.45, 2.75) is 64.5 Å². The molecule has 0 atom stereocenters. The molecule has 0 aliphatic heterocycles. The van der Waals surface area contributed by atoms with Crippen molar-refractivity contribution in [1.82, 2.24) is 19.1 Å². The summed E-state index contributed by atoms with van der Waals surface area (Å²) < 4.78 is 12.5. The fourth-order valence-electron chi connectivity index (χ4n) is 4.36. The first-order valence-corrected chi connectivity index (χ1v) is 14.8. The second-order valence-electron chi connectivity index (χ2n) is 9.49. The van der Waals surface area contributed by atoms with Crippen LogP contribution in [0.1, 0.15) is 48.2 Å². The molecule has 0 saturated heterocycles. The van der Waals surface area contributed by atoms with Gasteiger partial charge in [0.1, 0.15) is 0 Å². The van der Waals surface area contributed by atoms with E-state index in [2.05, 4.69) is 112 Å². The van der Waals surface area contributed by atoms with Gasteiger partial charge in [-0.2, -0.15) is 0 Å². The highest BCUT2D eigenvalue weighted by molar-refractivity contribution is 9.10. The first-order chi connectivity index (χ1) is 18.1. The molecule has 0 spiro atoms. The quantitative estimate of drug-likeness (QED) is 0.121. The number of halogens is 2. The number of hydrogen-bond acceptors (Lipinski definition) is 3. The smallest absolute Gasteiger partial charge is 0.0949 e. The molecule has 196 valence electrons. The van der Waals surface area contributed by atoms with Crippen LogP contribution in [-0.2, 0) is 43.5 Å². The van der Waals surface area contributed by atoms with E-state index in [0.717, 1.165) is 98.0 Å². The summed E-state index contributed by atoms with van der Waals surface area (Å²) in [5, 5.41) is 0. The minimum Gasteiger partial charge on any atom is -0.381 e. The third kappa shape index (κ3) is 10.2. The van der Waals surface area contributed by atoms with Crippen LogP contribution in [0.2, 0.25) is 0 Å². The van der Waals surface area contributed by atoms with Crippen molar-refractivity contribution in [1.29, 1.82) is 0 Å². The van der Waals surface area contributed by atoms with Crippen molar-refractivity contribution in [3.63, 3.8) is 0 Å². The van der Waals surface area contributed by atoms with Crippen molar-refractivity contribution in [3.8, 4) is 0 Å². The number of nitrogens with zero attached hydrogens (tertiary/aromatic N) is 4. The first-order valence-electron chi connectivity index (χ1n) is 13.2. The number of aromatic nitrogens is 4. The van der Waals surface area contributed by atoms with Gasteiger partial charge in [0.15, 0.2) is 0 Å². The molecule has 2 aromatic heterocycles. The van der Waals surface area contributed by atoms with Gasteiger partial charge in [-0.1, -0.05) is 56.1 Å². The molecule has 2 aromatic carbocycles. The summed E-state index contributed by atoms with van der Waals surface area (Å²) in [6.45, 7) is 3.56. The van der Waals surface area contributed by atoms with Gasteiger partial charge in [-0.05, 0) is 86.8 Å². The predicted molar refractivity (Wildman–Crippen MR) is 157 cm³/mol. The zero-order chi connectivity index (χ0) is 25.7. The van der Waals surface area contributed by atoms with Crippen molar-refractivity contribution in [3.05, 3.63) is 105 Å². The van der Waals surface area contributed by atoms with Crippen LogP contribution < -0.4 is 0 Å². The molecule has 0 bridgehead atoms. The van der Waals surface area contributed by atoms with Gasteiger partial charge in [-0.3, -0.25) is 0 Å². The van der Waals surface area contributed by atoms with E-state index >= 15 is 0 Å². The van der Waals surface area contributed by atoms with Gasteiger partial charge < -0.3 is 13.9 Å². The third-order valence-electron chi connectivity index (χ3n) is 6.41. The fourth-order valence-corrected chi connectivity index (χ4v) is 4.89. The Balaban J connectivity index is 1.01. The molecule has 0 aliphatic rings. The Morgan fingerprint density at radius 1 is 0.568 bits per heavy atom. The van der Waals surface area contributed by atoms with E-state index in [4.69, 9.17) is 4.74 Å². The lowest BCUT2D eigenvalue weighted by Gasteiger charge is -2.04. The van der Waals surface area contributed by atoms with E-state index in [1.165, 1.54) is 11.1 Å². The summed E-state index contributed by atoms with van der Waals surface area (Å²) in [4.78, 5) is 9.12. The average molecular weight is 628 g/mol. The topological polar surface area (TPSA) is 44.9 Å². The molecule has 4 aromatic rings. The highest BCUT2D eigenvalue weighted by Crippen LogP contribution is 2.14. The minimum absolute atomic E-state index is 0.779. The monoisotopic (exact) mass is 626 g/mol. The van der Waals surface area contributed by atoms with Crippen molar-refractivity contribution < 1.29 is 4.74 Å². The molecule has 0 fully saturated rings. The summed E-state index contributed by atoms with van der Waals surface area (Å²) >= 11 is 6.98. The maximum absolute atomic E-state index is 5.86. The van der Waals surface area contributed by atoms with Crippen LogP contribution in [0.25, 0.3) is 0 Å². The molecular weight excluding hydrogens is 592 g/mol. The maximum Gasteiger partial charge on any atom is 0.0949 e. The largest absolute Gasteiger partial charge is 0.381 e. The lowest BCUT2D eigenvalue weighted by Crippen LogP contribution is -2.01. The van der Waals surface area contributed by atoms with Crippen LogP contribution in [0.4, 0.5) is 0 Å². The molecule has 4 rings (SSSR count). The molecule has 5 nitrogen and oxygen atoms in total. The van der Waals surface area contributed by atoms with E-state index in [1.54, 1.807) is 0 Å². The molecule has 0 unspecified atom stereocenters. The number of hydrogen-bond donors (Lipinski definition) is 0. The Kier molecular flexibility index (Phi) is 11.5. The summed E-state index contributed by atoms with van der Waals surface area (Å²) in [5.74, 6) is 0. The Bertz CT molecular complexity index is 1090. The minimum atomic E-state index is 0.779. The Labute approximate surface area is 237 Å². The predicted octanol–water partition coefficient (Wildman–Crippen LogP) is 7.45. The van der Waals surface area contributed by atoms with Crippen LogP contribution in [0.15, 0.2) is 82.5 Å². The normalized spacial score (nSPS) is 11.3. The van der Waals surface area contributed by atoms with Gasteiger partial charge in [0, 0.05) is 47.6 Å². The Morgan fingerprint density at radius 3 is 1.43 bits per heavy atom. The molecular formula is C30H36Br2N4O. The number of aryl methyl sites for hydroxylation is 6. The molecule has 0 saturated carbocycles. The summed E-state index contributed by atoms with van der Waals surface area (Å²) in [6, 6.07) is 17.2. The second kappa shape index (κ2) is 15.3. The van der Waals surface area contributed by atoms with Gasteiger partial charge in [-0.15, -0.1) is 0 Å². The molecule has 0 radical (unpaired) electrons. The lowest BCUT2D eigenvalue weighted by atomic mass is 10.1. The van der Waals surface area contributed by atoms with E-state index in [1.807, 2.05) is 12.7 Å². The standard InChI is InChI=1S/C30H36Br2N4O/c31-27-13-9-25(10-14-27)5-1-17-35-21-29(33-23-35)7-3-19-37-20-4-8-30-22-36(24-34-30)18-2-6-26-11-15-28(32)16-12-26/h9-16,21-24H,1-8,17-20H2. The Morgan fingerprint density at radius 2 is 1.00 bits per heavy atom. The molecule has 37 heavy (non-hydrogen) atoms. The number of rotatable bonds is 16. The third-order valence-corrected chi connectivity index (χ3v) is 7.46. The summed E-state index contributed by atoms with van der Waals surface area (Å²) in [6.07, 6.45) is 16.6. The van der Waals surface area contributed by atoms with Crippen LogP contribution in [0.3, 0.4) is 0 Å². The molecule has 0 N–H and O–H groups in total. The highest BCUT2D eigenvalue weighted by Gasteiger charge is 2.03. The number of ether oxygens (including phenoxy) is 1. The van der Waals surface area contributed by atoms with Crippen molar-refractivity contribution in [2.75, 3.05) is 13.2 Å². The number of imidazole rings is 2. The van der Waals surface area contributed by atoms with Gasteiger partial charge in [0.25, 0.3) is 0 Å². The second-order valence-corrected chi connectivity index (χ2v) is 11.3. The van der Waals surface area contributed by atoms with Crippen LogP contribution in [0, 0.1) is 0 Å². The van der Waals surface area contributed by atoms with Crippen molar-refractivity contribution in [2.24, 2.45) is 0 Å².